The lowest BCUT2D eigenvalue weighted by atomic mass is 10.5. The van der Waals surface area contributed by atoms with Crippen LogP contribution in [0, 0.1) is 0 Å². The maximum atomic E-state index is 11.0. The molecule has 0 aromatic rings. The summed E-state index contributed by atoms with van der Waals surface area (Å²) in [6, 6.07) is -0.272. The van der Waals surface area contributed by atoms with E-state index in [4.69, 9.17) is 0 Å². The fraction of sp³-hybridized carbons (Fsp3) is 0.833. The lowest BCUT2D eigenvalue weighted by Gasteiger charge is -2.25. The molecule has 2 aliphatic rings. The third-order valence-electron chi connectivity index (χ3n) is 3.52. The quantitative estimate of drug-likeness (QED) is 0.537. The molecule has 0 saturated carbocycles. The number of nitrogens with zero attached hydrogens (tertiary/aromatic N) is 2. The van der Waals surface area contributed by atoms with E-state index in [0.29, 0.717) is 37.7 Å². The lowest BCUT2D eigenvalue weighted by Crippen LogP contribution is -2.47. The molecule has 2 saturated heterocycles. The van der Waals surface area contributed by atoms with Crippen LogP contribution in [-0.4, -0.2) is 97.8 Å². The second kappa shape index (κ2) is 9.06. The molecule has 4 amide bonds. The van der Waals surface area contributed by atoms with E-state index in [1.54, 1.807) is 11.9 Å². The first-order chi connectivity index (χ1) is 10.8. The van der Waals surface area contributed by atoms with Gasteiger partial charge in [0.05, 0.1) is 11.5 Å². The maximum Gasteiger partial charge on any atom is 0.317 e. The van der Waals surface area contributed by atoms with Gasteiger partial charge in [0.25, 0.3) is 0 Å². The van der Waals surface area contributed by atoms with Gasteiger partial charge in [-0.1, -0.05) is 0 Å². The standard InChI is InChI=1S/C6H12N2O3S.C6H12N2O2S/c1-7-6(9)8-2-4-12(10,11)5-3-8;1-7-6(9)8-2-4-11(10)5-3-8/h2-5H2,1H3,(H,7,9);2-5H2,1H3,(H,7,9). The Hall–Kier alpha value is -1.36. The highest BCUT2D eigenvalue weighted by atomic mass is 32.2. The first-order valence-electron chi connectivity index (χ1n) is 7.28. The topological polar surface area (TPSA) is 116 Å². The molecule has 0 bridgehead atoms. The zero-order valence-electron chi connectivity index (χ0n) is 13.4. The summed E-state index contributed by atoms with van der Waals surface area (Å²) < 4.78 is 32.8. The summed E-state index contributed by atoms with van der Waals surface area (Å²) in [5.74, 6) is 1.40. The second-order valence-electron chi connectivity index (χ2n) is 5.08. The minimum Gasteiger partial charge on any atom is -0.341 e. The second-order valence-corrected chi connectivity index (χ2v) is 9.08. The van der Waals surface area contributed by atoms with E-state index in [9.17, 15) is 22.2 Å². The molecule has 0 spiro atoms. The van der Waals surface area contributed by atoms with Crippen molar-refractivity contribution in [3.8, 4) is 0 Å². The van der Waals surface area contributed by atoms with Crippen LogP contribution in [0.1, 0.15) is 0 Å². The lowest BCUT2D eigenvalue weighted by molar-refractivity contribution is 0.204. The van der Waals surface area contributed by atoms with Crippen molar-refractivity contribution in [2.24, 2.45) is 0 Å². The summed E-state index contributed by atoms with van der Waals surface area (Å²) in [6.45, 7) is 1.85. The van der Waals surface area contributed by atoms with E-state index in [2.05, 4.69) is 10.6 Å². The molecule has 0 aromatic carbocycles. The number of carbonyl (C=O) groups is 2. The van der Waals surface area contributed by atoms with Gasteiger partial charge in [0, 0.05) is 62.6 Å². The summed E-state index contributed by atoms with van der Waals surface area (Å²) in [6.07, 6.45) is 0. The minimum atomic E-state index is -2.88. The molecule has 9 nitrogen and oxygen atoms in total. The van der Waals surface area contributed by atoms with Gasteiger partial charge in [0.15, 0.2) is 9.84 Å². The van der Waals surface area contributed by atoms with Crippen LogP contribution in [0.2, 0.25) is 0 Å². The molecule has 0 aromatic heterocycles. The molecule has 0 atom stereocenters. The Kier molecular flexibility index (Phi) is 7.76. The smallest absolute Gasteiger partial charge is 0.317 e. The number of amides is 4. The van der Waals surface area contributed by atoms with Gasteiger partial charge in [-0.3, -0.25) is 4.21 Å². The molecular weight excluding hydrogens is 344 g/mol. The van der Waals surface area contributed by atoms with Crippen LogP contribution in [0.5, 0.6) is 0 Å². The molecule has 23 heavy (non-hydrogen) atoms. The van der Waals surface area contributed by atoms with E-state index in [0.717, 1.165) is 0 Å². The Labute approximate surface area is 139 Å². The van der Waals surface area contributed by atoms with Crippen molar-refractivity contribution in [1.82, 2.24) is 20.4 Å². The van der Waals surface area contributed by atoms with Crippen molar-refractivity contribution in [2.75, 3.05) is 63.3 Å². The Morgan fingerprint density at radius 1 is 0.870 bits per heavy atom. The fourth-order valence-corrected chi connectivity index (χ4v) is 4.33. The van der Waals surface area contributed by atoms with Crippen molar-refractivity contribution < 1.29 is 22.2 Å². The largest absolute Gasteiger partial charge is 0.341 e. The minimum absolute atomic E-state index is 0.0679. The first kappa shape index (κ1) is 19.7. The van der Waals surface area contributed by atoms with E-state index < -0.39 is 20.6 Å². The van der Waals surface area contributed by atoms with Crippen molar-refractivity contribution in [3.05, 3.63) is 0 Å². The number of rotatable bonds is 0. The Bertz CT molecular complexity index is 528. The maximum absolute atomic E-state index is 11.0. The highest BCUT2D eigenvalue weighted by Crippen LogP contribution is 2.03. The predicted octanol–water partition coefficient (Wildman–Crippen LogP) is -1.55. The molecule has 0 radical (unpaired) electrons. The zero-order valence-corrected chi connectivity index (χ0v) is 15.0. The highest BCUT2D eigenvalue weighted by Gasteiger charge is 2.24. The van der Waals surface area contributed by atoms with Gasteiger partial charge in [-0.25, -0.2) is 18.0 Å². The van der Waals surface area contributed by atoms with E-state index in [1.807, 2.05) is 0 Å². The van der Waals surface area contributed by atoms with Crippen LogP contribution in [0.25, 0.3) is 0 Å². The van der Waals surface area contributed by atoms with Crippen LogP contribution in [0.3, 0.4) is 0 Å². The predicted molar refractivity (Wildman–Crippen MR) is 88.6 cm³/mol. The Balaban J connectivity index is 0.000000231. The van der Waals surface area contributed by atoms with E-state index in [-0.39, 0.29) is 23.6 Å². The summed E-state index contributed by atoms with van der Waals surface area (Å²) in [4.78, 5) is 25.2. The third kappa shape index (κ3) is 6.73. The first-order valence-corrected chi connectivity index (χ1v) is 10.6. The highest BCUT2D eigenvalue weighted by molar-refractivity contribution is 7.91. The molecule has 134 valence electrons. The number of nitrogens with one attached hydrogen (secondary N) is 2. The molecule has 2 rings (SSSR count). The van der Waals surface area contributed by atoms with Gasteiger partial charge in [-0.15, -0.1) is 0 Å². The molecule has 2 heterocycles. The van der Waals surface area contributed by atoms with Gasteiger partial charge in [0.2, 0.25) is 0 Å². The molecule has 0 aliphatic carbocycles. The molecule has 2 N–H and O–H groups in total. The monoisotopic (exact) mass is 368 g/mol. The number of hydrogen-bond acceptors (Lipinski definition) is 5. The summed E-state index contributed by atoms with van der Waals surface area (Å²) in [5, 5.41) is 4.99. The summed E-state index contributed by atoms with van der Waals surface area (Å²) >= 11 is 0. The van der Waals surface area contributed by atoms with Crippen LogP contribution in [0.4, 0.5) is 9.59 Å². The summed E-state index contributed by atoms with van der Waals surface area (Å²) in [7, 11) is -0.442. The van der Waals surface area contributed by atoms with E-state index >= 15 is 0 Å². The van der Waals surface area contributed by atoms with Gasteiger partial charge in [-0.05, 0) is 0 Å². The van der Waals surface area contributed by atoms with Gasteiger partial charge in [0.1, 0.15) is 0 Å². The van der Waals surface area contributed by atoms with Crippen LogP contribution in [-0.2, 0) is 20.6 Å². The molecule has 2 aliphatic heterocycles. The molecular formula is C12H24N4O5S2. The fourth-order valence-electron chi connectivity index (χ4n) is 2.07. The Morgan fingerprint density at radius 3 is 1.65 bits per heavy atom. The third-order valence-corrected chi connectivity index (χ3v) is 6.41. The number of hydrogen-bond donors (Lipinski definition) is 2. The van der Waals surface area contributed by atoms with Gasteiger partial charge < -0.3 is 20.4 Å². The number of sulfone groups is 1. The average molecular weight is 368 g/mol. The van der Waals surface area contributed by atoms with Crippen molar-refractivity contribution in [2.45, 2.75) is 0 Å². The van der Waals surface area contributed by atoms with Crippen LogP contribution in [0.15, 0.2) is 0 Å². The van der Waals surface area contributed by atoms with Crippen molar-refractivity contribution >= 4 is 32.7 Å². The SMILES string of the molecule is CNC(=O)N1CCS(=O)(=O)CC1.CNC(=O)N1CCS(=O)CC1. The van der Waals surface area contributed by atoms with Gasteiger partial charge in [-0.2, -0.15) is 0 Å². The number of urea groups is 2. The van der Waals surface area contributed by atoms with Crippen molar-refractivity contribution in [1.29, 1.82) is 0 Å². The average Bonchev–Trinajstić information content (AvgIpc) is 2.54. The van der Waals surface area contributed by atoms with Crippen LogP contribution < -0.4 is 10.6 Å². The number of carbonyl (C=O) groups excluding carboxylic acids is 2. The normalized spacial score (nSPS) is 21.0. The molecule has 2 fully saturated rings. The molecule has 0 unspecified atom stereocenters. The van der Waals surface area contributed by atoms with Gasteiger partial charge >= 0.3 is 12.1 Å². The van der Waals surface area contributed by atoms with Crippen molar-refractivity contribution in [3.63, 3.8) is 0 Å². The summed E-state index contributed by atoms with van der Waals surface area (Å²) in [5.41, 5.74) is 0. The van der Waals surface area contributed by atoms with Crippen LogP contribution >= 0.6 is 0 Å². The Morgan fingerprint density at radius 2 is 1.26 bits per heavy atom. The van der Waals surface area contributed by atoms with E-state index in [1.165, 1.54) is 11.9 Å². The zero-order chi connectivity index (χ0) is 17.5. The molecule has 11 heteroatoms.